The Kier molecular flexibility index (Phi) is 4.11. The quantitative estimate of drug-likeness (QED) is 0.427. The Morgan fingerprint density at radius 3 is 1.95 bits per heavy atom. The predicted octanol–water partition coefficient (Wildman–Crippen LogP) is 0.560. The normalized spacial score (nSPS) is 34.5. The van der Waals surface area contributed by atoms with Crippen LogP contribution in [-0.2, 0) is 28.6 Å². The van der Waals surface area contributed by atoms with Gasteiger partial charge < -0.3 is 14.2 Å². The first-order valence-corrected chi connectivity index (χ1v) is 6.47. The third kappa shape index (κ3) is 2.19. The highest BCUT2D eigenvalue weighted by atomic mass is 16.5. The van der Waals surface area contributed by atoms with Crippen LogP contribution in [0, 0.1) is 29.6 Å². The summed E-state index contributed by atoms with van der Waals surface area (Å²) in [4.78, 5) is 35.8. The number of carbonyl (C=O) groups is 3. The molecule has 3 rings (SSSR count). The number of rotatable bonds is 3. The van der Waals surface area contributed by atoms with Crippen LogP contribution in [0.4, 0.5) is 0 Å². The van der Waals surface area contributed by atoms with Crippen molar-refractivity contribution in [1.82, 2.24) is 0 Å². The Morgan fingerprint density at radius 2 is 1.40 bits per heavy atom. The van der Waals surface area contributed by atoms with Crippen molar-refractivity contribution in [2.75, 3.05) is 21.3 Å². The Hall–Kier alpha value is -1.85. The van der Waals surface area contributed by atoms with Gasteiger partial charge in [0.25, 0.3) is 0 Å². The maximum atomic E-state index is 12.0. The standard InChI is InChI=1S/C14H18O6/c1-18-12(15)9-6-7-4-5-8(9)11(14(17)20-3)10(7)13(16)19-2/h4-5,7-11H,6H2,1-3H3. The summed E-state index contributed by atoms with van der Waals surface area (Å²) >= 11 is 0. The number of hydrogen-bond acceptors (Lipinski definition) is 6. The second-order valence-corrected chi connectivity index (χ2v) is 5.09. The summed E-state index contributed by atoms with van der Waals surface area (Å²) in [6, 6.07) is 0. The Balaban J connectivity index is 2.36. The summed E-state index contributed by atoms with van der Waals surface area (Å²) in [6.45, 7) is 0. The van der Waals surface area contributed by atoms with Crippen LogP contribution in [0.1, 0.15) is 6.42 Å². The summed E-state index contributed by atoms with van der Waals surface area (Å²) in [7, 11) is 3.88. The summed E-state index contributed by atoms with van der Waals surface area (Å²) < 4.78 is 14.4. The van der Waals surface area contributed by atoms with Crippen molar-refractivity contribution < 1.29 is 28.6 Å². The Labute approximate surface area is 117 Å². The molecule has 3 aliphatic carbocycles. The van der Waals surface area contributed by atoms with Crippen molar-refractivity contribution in [3.63, 3.8) is 0 Å². The third-order valence-corrected chi connectivity index (χ3v) is 4.28. The second kappa shape index (κ2) is 5.64. The predicted molar refractivity (Wildman–Crippen MR) is 67.3 cm³/mol. The molecule has 1 saturated carbocycles. The molecule has 0 aromatic carbocycles. The zero-order valence-corrected chi connectivity index (χ0v) is 11.7. The minimum Gasteiger partial charge on any atom is -0.469 e. The summed E-state index contributed by atoms with van der Waals surface area (Å²) in [5, 5.41) is 0. The average molecular weight is 282 g/mol. The molecule has 110 valence electrons. The fourth-order valence-electron chi connectivity index (χ4n) is 3.38. The number of allylic oxidation sites excluding steroid dienone is 2. The van der Waals surface area contributed by atoms with Gasteiger partial charge in [0.2, 0.25) is 0 Å². The third-order valence-electron chi connectivity index (χ3n) is 4.28. The van der Waals surface area contributed by atoms with E-state index in [0.29, 0.717) is 6.42 Å². The van der Waals surface area contributed by atoms with Gasteiger partial charge in [-0.2, -0.15) is 0 Å². The zero-order chi connectivity index (χ0) is 14.9. The zero-order valence-electron chi connectivity index (χ0n) is 11.7. The van der Waals surface area contributed by atoms with Gasteiger partial charge in [0, 0.05) is 5.92 Å². The molecule has 0 spiro atoms. The van der Waals surface area contributed by atoms with Crippen LogP contribution < -0.4 is 0 Å². The van der Waals surface area contributed by atoms with Gasteiger partial charge in [-0.25, -0.2) is 0 Å². The molecular weight excluding hydrogens is 264 g/mol. The molecule has 6 nitrogen and oxygen atoms in total. The van der Waals surface area contributed by atoms with Crippen LogP contribution in [0.2, 0.25) is 0 Å². The number of hydrogen-bond donors (Lipinski definition) is 0. The largest absolute Gasteiger partial charge is 0.469 e. The van der Waals surface area contributed by atoms with E-state index in [2.05, 4.69) is 0 Å². The monoisotopic (exact) mass is 282 g/mol. The van der Waals surface area contributed by atoms with E-state index < -0.39 is 29.7 Å². The lowest BCUT2D eigenvalue weighted by Gasteiger charge is -2.45. The van der Waals surface area contributed by atoms with Gasteiger partial charge in [-0.3, -0.25) is 14.4 Å². The van der Waals surface area contributed by atoms with Crippen molar-refractivity contribution in [2.45, 2.75) is 6.42 Å². The molecule has 0 aromatic heterocycles. The van der Waals surface area contributed by atoms with Crippen LogP contribution >= 0.6 is 0 Å². The first kappa shape index (κ1) is 14.6. The molecule has 2 bridgehead atoms. The molecule has 5 atom stereocenters. The Morgan fingerprint density at radius 1 is 0.850 bits per heavy atom. The molecule has 0 heterocycles. The lowest BCUT2D eigenvalue weighted by Crippen LogP contribution is -2.51. The van der Waals surface area contributed by atoms with Gasteiger partial charge in [-0.05, 0) is 12.3 Å². The Bertz CT molecular complexity index is 455. The van der Waals surface area contributed by atoms with Gasteiger partial charge in [0.15, 0.2) is 0 Å². The molecule has 0 aliphatic heterocycles. The van der Waals surface area contributed by atoms with Crippen LogP contribution in [-0.4, -0.2) is 39.2 Å². The average Bonchev–Trinajstić information content (AvgIpc) is 2.51. The minimum absolute atomic E-state index is 0.208. The first-order chi connectivity index (χ1) is 9.54. The van der Waals surface area contributed by atoms with E-state index in [0.717, 1.165) is 0 Å². The number of methoxy groups -OCH3 is 3. The van der Waals surface area contributed by atoms with Gasteiger partial charge in [-0.15, -0.1) is 0 Å². The lowest BCUT2D eigenvalue weighted by atomic mass is 9.58. The van der Waals surface area contributed by atoms with Crippen LogP contribution in [0.5, 0.6) is 0 Å². The van der Waals surface area contributed by atoms with Gasteiger partial charge in [0.05, 0.1) is 39.1 Å². The molecule has 0 radical (unpaired) electrons. The number of esters is 3. The van der Waals surface area contributed by atoms with Crippen LogP contribution in [0.15, 0.2) is 12.2 Å². The molecule has 0 N–H and O–H groups in total. The summed E-state index contributed by atoms with van der Waals surface area (Å²) in [6.07, 6.45) is 4.18. The molecule has 6 heteroatoms. The fourth-order valence-corrected chi connectivity index (χ4v) is 3.38. The van der Waals surface area contributed by atoms with Crippen molar-refractivity contribution >= 4 is 17.9 Å². The highest BCUT2D eigenvalue weighted by molar-refractivity contribution is 5.85. The van der Waals surface area contributed by atoms with E-state index in [1.807, 2.05) is 12.2 Å². The summed E-state index contributed by atoms with van der Waals surface area (Å²) in [5.74, 6) is -3.59. The van der Waals surface area contributed by atoms with E-state index in [1.54, 1.807) is 0 Å². The second-order valence-electron chi connectivity index (χ2n) is 5.09. The maximum Gasteiger partial charge on any atom is 0.310 e. The molecular formula is C14H18O6. The van der Waals surface area contributed by atoms with Gasteiger partial charge in [-0.1, -0.05) is 12.2 Å². The van der Waals surface area contributed by atoms with Crippen molar-refractivity contribution in [3.05, 3.63) is 12.2 Å². The van der Waals surface area contributed by atoms with E-state index in [9.17, 15) is 14.4 Å². The molecule has 20 heavy (non-hydrogen) atoms. The minimum atomic E-state index is -0.694. The van der Waals surface area contributed by atoms with Crippen molar-refractivity contribution in [1.29, 1.82) is 0 Å². The van der Waals surface area contributed by atoms with E-state index >= 15 is 0 Å². The molecule has 1 fully saturated rings. The van der Waals surface area contributed by atoms with E-state index in [1.165, 1.54) is 21.3 Å². The highest BCUT2D eigenvalue weighted by Gasteiger charge is 2.55. The molecule has 5 unspecified atom stereocenters. The number of ether oxygens (including phenoxy) is 3. The topological polar surface area (TPSA) is 78.9 Å². The molecule has 0 aromatic rings. The van der Waals surface area contributed by atoms with Gasteiger partial charge >= 0.3 is 17.9 Å². The maximum absolute atomic E-state index is 12.0. The SMILES string of the molecule is COC(=O)C1CC2C=CC1C(C(=O)OC)C2C(=O)OC. The summed E-state index contributed by atoms with van der Waals surface area (Å²) in [5.41, 5.74) is 0. The molecule has 0 amide bonds. The highest BCUT2D eigenvalue weighted by Crippen LogP contribution is 2.49. The van der Waals surface area contributed by atoms with Crippen LogP contribution in [0.3, 0.4) is 0 Å². The van der Waals surface area contributed by atoms with Crippen LogP contribution in [0.25, 0.3) is 0 Å². The fraction of sp³-hybridized carbons (Fsp3) is 0.643. The van der Waals surface area contributed by atoms with Crippen molar-refractivity contribution in [2.24, 2.45) is 29.6 Å². The number of fused-ring (bicyclic) bond motifs is 2. The smallest absolute Gasteiger partial charge is 0.310 e. The van der Waals surface area contributed by atoms with E-state index in [4.69, 9.17) is 14.2 Å². The first-order valence-electron chi connectivity index (χ1n) is 6.47. The molecule has 3 aliphatic rings. The van der Waals surface area contributed by atoms with Gasteiger partial charge in [0.1, 0.15) is 0 Å². The lowest BCUT2D eigenvalue weighted by molar-refractivity contribution is -0.170. The van der Waals surface area contributed by atoms with E-state index in [-0.39, 0.29) is 17.8 Å². The number of carbonyl (C=O) groups excluding carboxylic acids is 3. The molecule has 0 saturated heterocycles. The van der Waals surface area contributed by atoms with Crippen molar-refractivity contribution in [3.8, 4) is 0 Å².